The van der Waals surface area contributed by atoms with Crippen LogP contribution in [0.5, 0.6) is 0 Å². The highest BCUT2D eigenvalue weighted by atomic mass is 14.3. The number of benzene rings is 12. The maximum Gasteiger partial charge on any atom is -0.0000936 e. The molecular formula is C70H48. The molecule has 0 saturated heterocycles. The molecule has 12 aromatic rings. The molecule has 0 saturated carbocycles. The van der Waals surface area contributed by atoms with Crippen molar-refractivity contribution < 1.29 is 0 Å². The summed E-state index contributed by atoms with van der Waals surface area (Å²) >= 11 is 0. The van der Waals surface area contributed by atoms with Crippen LogP contribution in [0.3, 0.4) is 0 Å². The monoisotopic (exact) mass is 888 g/mol. The van der Waals surface area contributed by atoms with Crippen molar-refractivity contribution in [3.8, 4) is 22.3 Å². The molecule has 12 rings (SSSR count). The lowest BCUT2D eigenvalue weighted by atomic mass is 9.73. The molecule has 0 atom stereocenters. The summed E-state index contributed by atoms with van der Waals surface area (Å²) < 4.78 is 0. The second-order valence-corrected chi connectivity index (χ2v) is 17.8. The molecule has 0 aliphatic heterocycles. The summed E-state index contributed by atoms with van der Waals surface area (Å²) in [6.07, 6.45) is 0. The average Bonchev–Trinajstić information content (AvgIpc) is 3.45. The van der Waals surface area contributed by atoms with E-state index < -0.39 is 0 Å². The predicted octanol–water partition coefficient (Wildman–Crippen LogP) is 18.5. The topological polar surface area (TPSA) is 0 Å². The van der Waals surface area contributed by atoms with Crippen LogP contribution in [-0.2, 0) is 0 Å². The van der Waals surface area contributed by atoms with Crippen molar-refractivity contribution in [2.75, 3.05) is 0 Å². The fourth-order valence-corrected chi connectivity index (χ4v) is 10.8. The average molecular weight is 889 g/mol. The van der Waals surface area contributed by atoms with Gasteiger partial charge in [0, 0.05) is 0 Å². The number of hydrogen-bond acceptors (Lipinski definition) is 0. The first-order valence-corrected chi connectivity index (χ1v) is 24.2. The minimum Gasteiger partial charge on any atom is -0.0622 e. The van der Waals surface area contributed by atoms with Gasteiger partial charge in [0.1, 0.15) is 0 Å². The van der Waals surface area contributed by atoms with Crippen LogP contribution in [0.25, 0.3) is 76.9 Å². The first-order chi connectivity index (χ1) is 34.8. The van der Waals surface area contributed by atoms with Gasteiger partial charge in [0.25, 0.3) is 0 Å². The lowest BCUT2D eigenvalue weighted by molar-refractivity contribution is 1.51. The normalized spacial score (nSPS) is 11.1. The second-order valence-electron chi connectivity index (χ2n) is 17.8. The fraction of sp³-hybridized carbons (Fsp3) is 0. The van der Waals surface area contributed by atoms with Crippen molar-refractivity contribution in [1.82, 2.24) is 0 Å². The largest absolute Gasteiger partial charge is 0.0622 e. The smallest absolute Gasteiger partial charge is 0.0000936 e. The van der Waals surface area contributed by atoms with E-state index in [1.54, 1.807) is 0 Å². The van der Waals surface area contributed by atoms with E-state index in [1.807, 2.05) is 0 Å². The van der Waals surface area contributed by atoms with E-state index >= 15 is 0 Å². The third-order valence-corrected chi connectivity index (χ3v) is 13.7. The van der Waals surface area contributed by atoms with Crippen LogP contribution >= 0.6 is 0 Å². The van der Waals surface area contributed by atoms with E-state index in [2.05, 4.69) is 291 Å². The van der Waals surface area contributed by atoms with Crippen molar-refractivity contribution in [3.05, 3.63) is 336 Å². The lowest BCUT2D eigenvalue weighted by Crippen LogP contribution is -2.06. The molecule has 0 aromatic heterocycles. The molecule has 12 aromatic carbocycles. The van der Waals surface area contributed by atoms with Crippen LogP contribution in [0.1, 0.15) is 44.5 Å². The first-order valence-electron chi connectivity index (χ1n) is 24.2. The van der Waals surface area contributed by atoms with Crippen molar-refractivity contribution in [2.45, 2.75) is 0 Å². The van der Waals surface area contributed by atoms with E-state index in [-0.39, 0.29) is 0 Å². The standard InChI is InChI=1S/C70H48/c1-9-29-49(30-10-1)61(50-31-11-2-12-32-50)65(55-41-21-7-22-42-55)67-59-47-27-28-48-60(59)68(66(56-43-23-8-24-44-56)62(51-33-13-3-14-34-51)52-35-15-4-16-36-52)70-64(54-39-19-6-20-40-54)58-46-26-25-45-57(58)63(69(67)70)53-37-17-5-18-38-53/h1-48H. The van der Waals surface area contributed by atoms with E-state index in [0.717, 1.165) is 44.5 Å². The summed E-state index contributed by atoms with van der Waals surface area (Å²) in [5.41, 5.74) is 18.7. The summed E-state index contributed by atoms with van der Waals surface area (Å²) in [6.45, 7) is 0. The van der Waals surface area contributed by atoms with E-state index in [4.69, 9.17) is 0 Å². The molecule has 0 heteroatoms. The third kappa shape index (κ3) is 7.63. The van der Waals surface area contributed by atoms with Crippen molar-refractivity contribution >= 4 is 54.6 Å². The van der Waals surface area contributed by atoms with Crippen LogP contribution in [0.2, 0.25) is 0 Å². The molecule has 0 spiro atoms. The Morgan fingerprint density at radius 3 is 0.629 bits per heavy atom. The van der Waals surface area contributed by atoms with Gasteiger partial charge in [-0.2, -0.15) is 0 Å². The second kappa shape index (κ2) is 18.9. The summed E-state index contributed by atoms with van der Waals surface area (Å²) in [6, 6.07) is 107. The Kier molecular flexibility index (Phi) is 11.4. The van der Waals surface area contributed by atoms with Gasteiger partial charge in [-0.15, -0.1) is 0 Å². The zero-order valence-corrected chi connectivity index (χ0v) is 38.7. The highest BCUT2D eigenvalue weighted by Crippen LogP contribution is 2.55. The molecule has 0 bridgehead atoms. The van der Waals surface area contributed by atoms with Crippen LogP contribution in [-0.4, -0.2) is 0 Å². The molecule has 0 heterocycles. The van der Waals surface area contributed by atoms with Gasteiger partial charge in [0.05, 0.1) is 0 Å². The zero-order valence-electron chi connectivity index (χ0n) is 38.7. The van der Waals surface area contributed by atoms with E-state index in [1.165, 1.54) is 76.9 Å². The summed E-state index contributed by atoms with van der Waals surface area (Å²) in [7, 11) is 0. The fourth-order valence-electron chi connectivity index (χ4n) is 10.8. The minimum absolute atomic E-state index is 1.14. The third-order valence-electron chi connectivity index (χ3n) is 13.7. The Balaban J connectivity index is 1.46. The first kappa shape index (κ1) is 42.3. The number of rotatable bonds is 10. The molecule has 0 aliphatic rings. The molecule has 0 nitrogen and oxygen atoms in total. The molecule has 0 unspecified atom stereocenters. The van der Waals surface area contributed by atoms with E-state index in [0.29, 0.717) is 0 Å². The molecule has 0 amide bonds. The molecule has 70 heavy (non-hydrogen) atoms. The molecule has 0 aliphatic carbocycles. The van der Waals surface area contributed by atoms with Crippen LogP contribution in [0.15, 0.2) is 291 Å². The minimum atomic E-state index is 1.14. The van der Waals surface area contributed by atoms with E-state index in [9.17, 15) is 0 Å². The van der Waals surface area contributed by atoms with Gasteiger partial charge in [-0.25, -0.2) is 0 Å². The van der Waals surface area contributed by atoms with Crippen molar-refractivity contribution in [2.24, 2.45) is 0 Å². The van der Waals surface area contributed by atoms with Gasteiger partial charge < -0.3 is 0 Å². The highest BCUT2D eigenvalue weighted by molar-refractivity contribution is 6.34. The number of hydrogen-bond donors (Lipinski definition) is 0. The maximum absolute atomic E-state index is 2.38. The molecular weight excluding hydrogens is 841 g/mol. The highest BCUT2D eigenvalue weighted by Gasteiger charge is 2.31. The van der Waals surface area contributed by atoms with Gasteiger partial charge in [-0.05, 0) is 121 Å². The summed E-state index contributed by atoms with van der Waals surface area (Å²) in [5, 5.41) is 7.16. The van der Waals surface area contributed by atoms with Crippen molar-refractivity contribution in [1.29, 1.82) is 0 Å². The van der Waals surface area contributed by atoms with Crippen molar-refractivity contribution in [3.63, 3.8) is 0 Å². The Morgan fingerprint density at radius 2 is 0.371 bits per heavy atom. The van der Waals surface area contributed by atoms with Crippen LogP contribution < -0.4 is 0 Å². The molecule has 0 N–H and O–H groups in total. The van der Waals surface area contributed by atoms with Crippen LogP contribution in [0.4, 0.5) is 0 Å². The van der Waals surface area contributed by atoms with Gasteiger partial charge in [0.2, 0.25) is 0 Å². The molecule has 0 radical (unpaired) electrons. The molecule has 328 valence electrons. The Bertz CT molecular complexity index is 3500. The number of fused-ring (bicyclic) bond motifs is 3. The Labute approximate surface area is 410 Å². The maximum atomic E-state index is 2.38. The predicted molar refractivity (Wildman–Crippen MR) is 299 cm³/mol. The SMILES string of the molecule is c1ccc(C(=C(c2ccccc2)c2c3ccccc3c(C(=C(c3ccccc3)c3ccccc3)c3ccccc3)c3c(-c4ccccc4)c4ccccc4c(-c4ccccc4)c23)c2ccccc2)cc1. The quantitative estimate of drug-likeness (QED) is 0.0948. The Hall–Kier alpha value is -9.10. The lowest BCUT2D eigenvalue weighted by Gasteiger charge is -2.29. The van der Waals surface area contributed by atoms with Gasteiger partial charge >= 0.3 is 0 Å². The Morgan fingerprint density at radius 1 is 0.171 bits per heavy atom. The summed E-state index contributed by atoms with van der Waals surface area (Å²) in [5.74, 6) is 0. The van der Waals surface area contributed by atoms with Gasteiger partial charge in [-0.1, -0.05) is 291 Å². The zero-order chi connectivity index (χ0) is 46.6. The van der Waals surface area contributed by atoms with Gasteiger partial charge in [0.15, 0.2) is 0 Å². The van der Waals surface area contributed by atoms with Gasteiger partial charge in [-0.3, -0.25) is 0 Å². The summed E-state index contributed by atoms with van der Waals surface area (Å²) in [4.78, 5) is 0. The molecule has 0 fully saturated rings. The van der Waals surface area contributed by atoms with Crippen LogP contribution in [0, 0.1) is 0 Å².